The zero-order valence-electron chi connectivity index (χ0n) is 11.8. The summed E-state index contributed by atoms with van der Waals surface area (Å²) in [6.07, 6.45) is 0. The fraction of sp³-hybridized carbons (Fsp3) is 0.267. The number of aryl methyl sites for hydroxylation is 1. The average molecular weight is 310 g/mol. The van der Waals surface area contributed by atoms with Gasteiger partial charge in [-0.25, -0.2) is 8.78 Å². The van der Waals surface area contributed by atoms with Gasteiger partial charge in [-0.2, -0.15) is 0 Å². The molecular weight excluding hydrogens is 294 g/mol. The van der Waals surface area contributed by atoms with E-state index in [4.69, 9.17) is 0 Å². The SMILES string of the molecule is CCNc1c(F)cc(C(=O)NCc2sccc2C)cc1F. The Bertz CT molecular complexity index is 632. The second-order valence-corrected chi connectivity index (χ2v) is 5.56. The van der Waals surface area contributed by atoms with E-state index in [0.29, 0.717) is 13.1 Å². The standard InChI is InChI=1S/C15H16F2N2OS/c1-3-18-14-11(16)6-10(7-12(14)17)15(20)19-8-13-9(2)4-5-21-13/h4-7,18H,3,8H2,1-2H3,(H,19,20). The summed E-state index contributed by atoms with van der Waals surface area (Å²) in [6.45, 7) is 4.43. The van der Waals surface area contributed by atoms with Crippen LogP contribution < -0.4 is 10.6 Å². The first-order chi connectivity index (χ1) is 10.0. The number of amides is 1. The van der Waals surface area contributed by atoms with E-state index < -0.39 is 17.5 Å². The molecular formula is C15H16F2N2OS. The Labute approximate surface area is 126 Å². The number of benzene rings is 1. The molecule has 0 saturated heterocycles. The molecule has 2 aromatic rings. The Hall–Kier alpha value is -1.95. The quantitative estimate of drug-likeness (QED) is 0.884. The van der Waals surface area contributed by atoms with Gasteiger partial charge in [0.15, 0.2) is 0 Å². The van der Waals surface area contributed by atoms with Crippen molar-refractivity contribution in [1.29, 1.82) is 0 Å². The Balaban J connectivity index is 2.11. The maximum absolute atomic E-state index is 13.8. The second-order valence-electron chi connectivity index (χ2n) is 4.55. The van der Waals surface area contributed by atoms with E-state index >= 15 is 0 Å². The molecule has 0 radical (unpaired) electrons. The first-order valence-corrected chi connectivity index (χ1v) is 7.45. The minimum absolute atomic E-state index is 0.0270. The van der Waals surface area contributed by atoms with Crippen molar-refractivity contribution in [3.63, 3.8) is 0 Å². The van der Waals surface area contributed by atoms with Gasteiger partial charge in [0.25, 0.3) is 5.91 Å². The van der Waals surface area contributed by atoms with Gasteiger partial charge < -0.3 is 10.6 Å². The fourth-order valence-electron chi connectivity index (χ4n) is 1.90. The lowest BCUT2D eigenvalue weighted by Gasteiger charge is -2.09. The van der Waals surface area contributed by atoms with Crippen molar-refractivity contribution in [1.82, 2.24) is 5.32 Å². The van der Waals surface area contributed by atoms with E-state index in [2.05, 4.69) is 10.6 Å². The molecule has 0 atom stereocenters. The van der Waals surface area contributed by atoms with Gasteiger partial charge in [-0.1, -0.05) is 0 Å². The van der Waals surface area contributed by atoms with E-state index in [1.165, 1.54) is 11.3 Å². The lowest BCUT2D eigenvalue weighted by molar-refractivity contribution is 0.0950. The van der Waals surface area contributed by atoms with Crippen LogP contribution in [0.4, 0.5) is 14.5 Å². The number of rotatable bonds is 5. The van der Waals surface area contributed by atoms with Crippen LogP contribution in [0.15, 0.2) is 23.6 Å². The molecule has 6 heteroatoms. The molecule has 21 heavy (non-hydrogen) atoms. The summed E-state index contributed by atoms with van der Waals surface area (Å²) < 4.78 is 27.5. The van der Waals surface area contributed by atoms with E-state index in [0.717, 1.165) is 22.6 Å². The van der Waals surface area contributed by atoms with Crippen LogP contribution in [-0.4, -0.2) is 12.5 Å². The number of hydrogen-bond acceptors (Lipinski definition) is 3. The fourth-order valence-corrected chi connectivity index (χ4v) is 2.74. The molecule has 0 bridgehead atoms. The maximum atomic E-state index is 13.8. The summed E-state index contributed by atoms with van der Waals surface area (Å²) in [4.78, 5) is 13.0. The van der Waals surface area contributed by atoms with Crippen molar-refractivity contribution in [3.05, 3.63) is 51.2 Å². The van der Waals surface area contributed by atoms with Crippen LogP contribution in [0.5, 0.6) is 0 Å². The lowest BCUT2D eigenvalue weighted by Crippen LogP contribution is -2.23. The zero-order valence-corrected chi connectivity index (χ0v) is 12.6. The van der Waals surface area contributed by atoms with Crippen LogP contribution in [0.3, 0.4) is 0 Å². The number of nitrogens with one attached hydrogen (secondary N) is 2. The van der Waals surface area contributed by atoms with Crippen molar-refractivity contribution in [2.24, 2.45) is 0 Å². The second kappa shape index (κ2) is 6.67. The minimum atomic E-state index is -0.769. The number of anilines is 1. The molecule has 1 heterocycles. The van der Waals surface area contributed by atoms with Crippen molar-refractivity contribution in [3.8, 4) is 0 Å². The molecule has 2 rings (SSSR count). The highest BCUT2D eigenvalue weighted by Gasteiger charge is 2.15. The number of halogens is 2. The molecule has 0 saturated carbocycles. The summed E-state index contributed by atoms with van der Waals surface area (Å²) in [6, 6.07) is 4.03. The molecule has 0 fully saturated rings. The topological polar surface area (TPSA) is 41.1 Å². The predicted octanol–water partition coefficient (Wildman–Crippen LogP) is 3.70. The van der Waals surface area contributed by atoms with Gasteiger partial charge in [-0.05, 0) is 43.0 Å². The third kappa shape index (κ3) is 3.58. The molecule has 1 amide bonds. The molecule has 2 N–H and O–H groups in total. The van der Waals surface area contributed by atoms with Gasteiger partial charge in [0.1, 0.15) is 17.3 Å². The molecule has 3 nitrogen and oxygen atoms in total. The maximum Gasteiger partial charge on any atom is 0.251 e. The van der Waals surface area contributed by atoms with Crippen LogP contribution in [0.2, 0.25) is 0 Å². The molecule has 0 aliphatic rings. The molecule has 0 spiro atoms. The monoisotopic (exact) mass is 310 g/mol. The highest BCUT2D eigenvalue weighted by molar-refractivity contribution is 7.10. The van der Waals surface area contributed by atoms with Gasteiger partial charge in [-0.15, -0.1) is 11.3 Å². The van der Waals surface area contributed by atoms with E-state index in [-0.39, 0.29) is 11.3 Å². The van der Waals surface area contributed by atoms with Crippen LogP contribution in [0, 0.1) is 18.6 Å². The Morgan fingerprint density at radius 2 is 1.95 bits per heavy atom. The zero-order chi connectivity index (χ0) is 15.4. The Kier molecular flexibility index (Phi) is 4.90. The molecule has 0 aliphatic carbocycles. The van der Waals surface area contributed by atoms with E-state index in [1.807, 2.05) is 18.4 Å². The number of carbonyl (C=O) groups is 1. The van der Waals surface area contributed by atoms with E-state index in [1.54, 1.807) is 6.92 Å². The van der Waals surface area contributed by atoms with Crippen molar-refractivity contribution < 1.29 is 13.6 Å². The van der Waals surface area contributed by atoms with Gasteiger partial charge in [0, 0.05) is 17.0 Å². The Morgan fingerprint density at radius 1 is 1.29 bits per heavy atom. The third-order valence-electron chi connectivity index (χ3n) is 3.04. The van der Waals surface area contributed by atoms with Gasteiger partial charge in [-0.3, -0.25) is 4.79 Å². The highest BCUT2D eigenvalue weighted by Crippen LogP contribution is 2.21. The van der Waals surface area contributed by atoms with E-state index in [9.17, 15) is 13.6 Å². The first-order valence-electron chi connectivity index (χ1n) is 6.57. The van der Waals surface area contributed by atoms with Crippen LogP contribution in [0.25, 0.3) is 0 Å². The average Bonchev–Trinajstić information content (AvgIpc) is 2.85. The normalized spacial score (nSPS) is 10.5. The molecule has 1 aromatic carbocycles. The molecule has 0 unspecified atom stereocenters. The number of thiophene rings is 1. The largest absolute Gasteiger partial charge is 0.381 e. The van der Waals surface area contributed by atoms with Crippen LogP contribution >= 0.6 is 11.3 Å². The summed E-state index contributed by atoms with van der Waals surface area (Å²) in [7, 11) is 0. The smallest absolute Gasteiger partial charge is 0.251 e. The summed E-state index contributed by atoms with van der Waals surface area (Å²) in [5, 5.41) is 7.19. The summed E-state index contributed by atoms with van der Waals surface area (Å²) in [5.74, 6) is -2.03. The lowest BCUT2D eigenvalue weighted by atomic mass is 10.1. The van der Waals surface area contributed by atoms with Crippen molar-refractivity contribution in [2.45, 2.75) is 20.4 Å². The third-order valence-corrected chi connectivity index (χ3v) is 4.06. The molecule has 1 aromatic heterocycles. The van der Waals surface area contributed by atoms with Crippen molar-refractivity contribution >= 4 is 22.9 Å². The predicted molar refractivity (Wildman–Crippen MR) is 80.7 cm³/mol. The van der Waals surface area contributed by atoms with Gasteiger partial charge in [0.05, 0.1) is 6.54 Å². The van der Waals surface area contributed by atoms with Gasteiger partial charge in [0.2, 0.25) is 0 Å². The molecule has 0 aliphatic heterocycles. The number of hydrogen-bond donors (Lipinski definition) is 2. The summed E-state index contributed by atoms with van der Waals surface area (Å²) in [5.41, 5.74) is 0.851. The van der Waals surface area contributed by atoms with Gasteiger partial charge >= 0.3 is 0 Å². The summed E-state index contributed by atoms with van der Waals surface area (Å²) >= 11 is 1.53. The minimum Gasteiger partial charge on any atom is -0.381 e. The number of carbonyl (C=O) groups excluding carboxylic acids is 1. The first kappa shape index (κ1) is 15.4. The molecule has 112 valence electrons. The van der Waals surface area contributed by atoms with Crippen molar-refractivity contribution in [2.75, 3.05) is 11.9 Å². The van der Waals surface area contributed by atoms with Crippen LogP contribution in [0.1, 0.15) is 27.7 Å². The Morgan fingerprint density at radius 3 is 2.48 bits per heavy atom. The van der Waals surface area contributed by atoms with Crippen LogP contribution in [-0.2, 0) is 6.54 Å². The highest BCUT2D eigenvalue weighted by atomic mass is 32.1.